The van der Waals surface area contributed by atoms with E-state index in [9.17, 15) is 4.79 Å². The Kier molecular flexibility index (Phi) is 5.53. The summed E-state index contributed by atoms with van der Waals surface area (Å²) in [6, 6.07) is 14.5. The van der Waals surface area contributed by atoms with Gasteiger partial charge in [-0.1, -0.05) is 29.8 Å². The van der Waals surface area contributed by atoms with E-state index < -0.39 is 0 Å². The molecule has 1 aromatic carbocycles. The van der Waals surface area contributed by atoms with Gasteiger partial charge in [-0.25, -0.2) is 0 Å². The molecule has 0 aliphatic carbocycles. The summed E-state index contributed by atoms with van der Waals surface area (Å²) in [7, 11) is 0. The molecule has 6 nitrogen and oxygen atoms in total. The van der Waals surface area contributed by atoms with Gasteiger partial charge < -0.3 is 10.6 Å². The van der Waals surface area contributed by atoms with Crippen LogP contribution in [0.2, 0.25) is 5.02 Å². The molecule has 0 atom stereocenters. The predicted octanol–water partition coefficient (Wildman–Crippen LogP) is 3.32. The minimum atomic E-state index is -0.160. The van der Waals surface area contributed by atoms with E-state index in [1.807, 2.05) is 24.3 Å². The molecule has 0 bridgehead atoms. The molecule has 0 fully saturated rings. The number of carbonyl (C=O) groups excluding carboxylic acids is 1. The second-order valence-corrected chi connectivity index (χ2v) is 5.81. The van der Waals surface area contributed by atoms with Crippen molar-refractivity contribution in [2.24, 2.45) is 0 Å². The minimum absolute atomic E-state index is 0.160. The maximum atomic E-state index is 12.0. The minimum Gasteiger partial charge on any atom is -0.364 e. The van der Waals surface area contributed by atoms with Crippen LogP contribution in [-0.4, -0.2) is 21.1 Å². The number of halogens is 1. The van der Waals surface area contributed by atoms with Crippen molar-refractivity contribution in [2.45, 2.75) is 13.0 Å². The lowest BCUT2D eigenvalue weighted by Crippen LogP contribution is -2.15. The van der Waals surface area contributed by atoms with Gasteiger partial charge in [-0.05, 0) is 41.5 Å². The molecule has 126 valence electrons. The van der Waals surface area contributed by atoms with Gasteiger partial charge >= 0.3 is 0 Å². The van der Waals surface area contributed by atoms with Crippen LogP contribution < -0.4 is 10.6 Å². The zero-order chi connectivity index (χ0) is 17.5. The average molecular weight is 354 g/mol. The standard InChI is InChI=1S/C18H16ClN5O/c19-15-5-3-13(4-6-15)10-18(25)22-17-8-7-16(23-24-17)21-12-14-2-1-9-20-11-14/h1-9,11H,10,12H2,(H,21,23)(H,22,24,25). The number of benzene rings is 1. The zero-order valence-corrected chi connectivity index (χ0v) is 14.1. The Morgan fingerprint density at radius 2 is 1.72 bits per heavy atom. The highest BCUT2D eigenvalue weighted by molar-refractivity contribution is 6.30. The van der Waals surface area contributed by atoms with Gasteiger partial charge in [0.2, 0.25) is 5.91 Å². The molecule has 0 saturated heterocycles. The monoisotopic (exact) mass is 353 g/mol. The van der Waals surface area contributed by atoms with Crippen molar-refractivity contribution in [1.82, 2.24) is 15.2 Å². The first-order valence-electron chi connectivity index (χ1n) is 7.70. The Morgan fingerprint density at radius 3 is 2.40 bits per heavy atom. The van der Waals surface area contributed by atoms with E-state index in [0.717, 1.165) is 11.1 Å². The van der Waals surface area contributed by atoms with Gasteiger partial charge in [0, 0.05) is 24.0 Å². The molecule has 3 rings (SSSR count). The number of nitrogens with one attached hydrogen (secondary N) is 2. The summed E-state index contributed by atoms with van der Waals surface area (Å²) >= 11 is 5.83. The third-order valence-corrected chi connectivity index (χ3v) is 3.66. The molecule has 0 aliphatic heterocycles. The van der Waals surface area contributed by atoms with Crippen LogP contribution in [0, 0.1) is 0 Å². The maximum Gasteiger partial charge on any atom is 0.229 e. The highest BCUT2D eigenvalue weighted by atomic mass is 35.5. The van der Waals surface area contributed by atoms with Gasteiger partial charge in [0.05, 0.1) is 6.42 Å². The largest absolute Gasteiger partial charge is 0.364 e. The van der Waals surface area contributed by atoms with Gasteiger partial charge in [0.15, 0.2) is 5.82 Å². The summed E-state index contributed by atoms with van der Waals surface area (Å²) < 4.78 is 0. The molecule has 1 amide bonds. The first-order chi connectivity index (χ1) is 12.2. The van der Waals surface area contributed by atoms with Crippen LogP contribution >= 0.6 is 11.6 Å². The molecular formula is C18H16ClN5O. The van der Waals surface area contributed by atoms with E-state index in [1.54, 1.807) is 36.7 Å². The predicted molar refractivity (Wildman–Crippen MR) is 97.4 cm³/mol. The topological polar surface area (TPSA) is 79.8 Å². The van der Waals surface area contributed by atoms with Gasteiger partial charge in [-0.15, -0.1) is 10.2 Å². The number of amides is 1. The van der Waals surface area contributed by atoms with E-state index in [0.29, 0.717) is 23.2 Å². The zero-order valence-electron chi connectivity index (χ0n) is 13.3. The number of nitrogens with zero attached hydrogens (tertiary/aromatic N) is 3. The van der Waals surface area contributed by atoms with Gasteiger partial charge in [-0.3, -0.25) is 9.78 Å². The molecule has 2 N–H and O–H groups in total. The summed E-state index contributed by atoms with van der Waals surface area (Å²) in [5.41, 5.74) is 1.93. The van der Waals surface area contributed by atoms with E-state index in [2.05, 4.69) is 25.8 Å². The highest BCUT2D eigenvalue weighted by Gasteiger charge is 2.06. The second kappa shape index (κ2) is 8.21. The average Bonchev–Trinajstić information content (AvgIpc) is 2.64. The molecule has 25 heavy (non-hydrogen) atoms. The fraction of sp³-hybridized carbons (Fsp3) is 0.111. The summed E-state index contributed by atoms with van der Waals surface area (Å²) in [6.07, 6.45) is 3.76. The number of pyridine rings is 1. The summed E-state index contributed by atoms with van der Waals surface area (Å²) in [5.74, 6) is 0.873. The quantitative estimate of drug-likeness (QED) is 0.710. The molecule has 7 heteroatoms. The third-order valence-electron chi connectivity index (χ3n) is 3.41. The molecule has 0 unspecified atom stereocenters. The molecule has 0 aliphatic rings. The molecule has 0 radical (unpaired) electrons. The van der Waals surface area contributed by atoms with Crippen molar-refractivity contribution < 1.29 is 4.79 Å². The van der Waals surface area contributed by atoms with Crippen molar-refractivity contribution in [2.75, 3.05) is 10.6 Å². The number of hydrogen-bond acceptors (Lipinski definition) is 5. The smallest absolute Gasteiger partial charge is 0.229 e. The lowest BCUT2D eigenvalue weighted by molar-refractivity contribution is -0.115. The first kappa shape index (κ1) is 16.9. The van der Waals surface area contributed by atoms with Crippen LogP contribution in [0.1, 0.15) is 11.1 Å². The van der Waals surface area contributed by atoms with Gasteiger partial charge in [0.25, 0.3) is 0 Å². The number of carbonyl (C=O) groups is 1. The number of anilines is 2. The molecule has 2 heterocycles. The van der Waals surface area contributed by atoms with Crippen LogP contribution in [0.25, 0.3) is 0 Å². The molecule has 2 aromatic heterocycles. The Balaban J connectivity index is 1.51. The van der Waals surface area contributed by atoms with Crippen LogP contribution in [0.5, 0.6) is 0 Å². The number of rotatable bonds is 6. The normalized spacial score (nSPS) is 10.3. The molecule has 3 aromatic rings. The van der Waals surface area contributed by atoms with E-state index >= 15 is 0 Å². The van der Waals surface area contributed by atoms with Crippen molar-refractivity contribution >= 4 is 29.1 Å². The second-order valence-electron chi connectivity index (χ2n) is 5.37. The number of aromatic nitrogens is 3. The van der Waals surface area contributed by atoms with Crippen molar-refractivity contribution in [3.8, 4) is 0 Å². The first-order valence-corrected chi connectivity index (χ1v) is 8.07. The van der Waals surface area contributed by atoms with Crippen molar-refractivity contribution in [3.05, 3.63) is 77.1 Å². The fourth-order valence-electron chi connectivity index (χ4n) is 2.16. The van der Waals surface area contributed by atoms with Gasteiger partial charge in [-0.2, -0.15) is 0 Å². The van der Waals surface area contributed by atoms with Crippen LogP contribution in [-0.2, 0) is 17.8 Å². The lowest BCUT2D eigenvalue weighted by atomic mass is 10.1. The fourth-order valence-corrected chi connectivity index (χ4v) is 2.29. The van der Waals surface area contributed by atoms with E-state index in [4.69, 9.17) is 11.6 Å². The summed E-state index contributed by atoms with van der Waals surface area (Å²) in [5, 5.41) is 14.6. The van der Waals surface area contributed by atoms with Gasteiger partial charge in [0.1, 0.15) is 5.82 Å². The maximum absolute atomic E-state index is 12.0. The SMILES string of the molecule is O=C(Cc1ccc(Cl)cc1)Nc1ccc(NCc2cccnc2)nn1. The molecule has 0 saturated carbocycles. The summed E-state index contributed by atoms with van der Waals surface area (Å²) in [6.45, 7) is 0.602. The van der Waals surface area contributed by atoms with E-state index in [1.165, 1.54) is 0 Å². The Labute approximate surface area is 150 Å². The Bertz CT molecular complexity index is 822. The molecule has 0 spiro atoms. The van der Waals surface area contributed by atoms with Crippen LogP contribution in [0.4, 0.5) is 11.6 Å². The van der Waals surface area contributed by atoms with Crippen LogP contribution in [0.15, 0.2) is 60.9 Å². The molecular weight excluding hydrogens is 338 g/mol. The Morgan fingerprint density at radius 1 is 0.960 bits per heavy atom. The van der Waals surface area contributed by atoms with Crippen LogP contribution in [0.3, 0.4) is 0 Å². The third kappa shape index (κ3) is 5.26. The number of hydrogen-bond donors (Lipinski definition) is 2. The lowest BCUT2D eigenvalue weighted by Gasteiger charge is -2.07. The van der Waals surface area contributed by atoms with E-state index in [-0.39, 0.29) is 12.3 Å². The van der Waals surface area contributed by atoms with Crippen molar-refractivity contribution in [3.63, 3.8) is 0 Å². The highest BCUT2D eigenvalue weighted by Crippen LogP contribution is 2.11. The Hall–Kier alpha value is -2.99. The van der Waals surface area contributed by atoms with Crippen molar-refractivity contribution in [1.29, 1.82) is 0 Å². The summed E-state index contributed by atoms with van der Waals surface area (Å²) in [4.78, 5) is 16.1.